The van der Waals surface area contributed by atoms with Crippen LogP contribution in [-0.2, 0) is 4.74 Å². The second-order valence-electron chi connectivity index (χ2n) is 4.78. The van der Waals surface area contributed by atoms with Crippen LogP contribution in [0.2, 0.25) is 0 Å². The van der Waals surface area contributed by atoms with Crippen LogP contribution in [0.3, 0.4) is 0 Å². The van der Waals surface area contributed by atoms with Crippen LogP contribution in [0.15, 0.2) is 24.3 Å². The van der Waals surface area contributed by atoms with Gasteiger partial charge < -0.3 is 10.1 Å². The van der Waals surface area contributed by atoms with Crippen LogP contribution in [0, 0.1) is 11.3 Å². The zero-order valence-electron chi connectivity index (χ0n) is 11.6. The summed E-state index contributed by atoms with van der Waals surface area (Å²) in [6, 6.07) is 9.18. The smallest absolute Gasteiger partial charge is 0.337 e. The Morgan fingerprint density at radius 1 is 1.35 bits per heavy atom. The van der Waals surface area contributed by atoms with E-state index in [2.05, 4.69) is 21.0 Å². The minimum atomic E-state index is -0.357. The summed E-state index contributed by atoms with van der Waals surface area (Å²) in [5.41, 5.74) is 1.42. The monoisotopic (exact) mass is 273 g/mol. The first-order valence-electron chi connectivity index (χ1n) is 6.79. The molecular formula is C15H19N3O2. The van der Waals surface area contributed by atoms with E-state index in [1.807, 2.05) is 12.1 Å². The highest BCUT2D eigenvalue weighted by molar-refractivity contribution is 5.89. The number of hydrogen-bond acceptors (Lipinski definition) is 5. The van der Waals surface area contributed by atoms with Gasteiger partial charge in [0.25, 0.3) is 0 Å². The highest BCUT2D eigenvalue weighted by Crippen LogP contribution is 2.21. The predicted octanol–water partition coefficient (Wildman–Crippen LogP) is 1.33. The number of hydrogen-bond donors (Lipinski definition) is 1. The van der Waals surface area contributed by atoms with Crippen molar-refractivity contribution >= 4 is 5.97 Å². The van der Waals surface area contributed by atoms with E-state index in [0.717, 1.165) is 38.2 Å². The molecule has 1 atom stereocenters. The Balaban J connectivity index is 2.15. The van der Waals surface area contributed by atoms with Crippen LogP contribution >= 0.6 is 0 Å². The molecular weight excluding hydrogens is 254 g/mol. The largest absolute Gasteiger partial charge is 0.465 e. The number of carbonyl (C=O) groups is 1. The van der Waals surface area contributed by atoms with Crippen molar-refractivity contribution in [3.63, 3.8) is 0 Å². The molecule has 20 heavy (non-hydrogen) atoms. The molecule has 0 spiro atoms. The molecule has 1 aliphatic heterocycles. The summed E-state index contributed by atoms with van der Waals surface area (Å²) >= 11 is 0. The topological polar surface area (TPSA) is 65.4 Å². The first-order valence-corrected chi connectivity index (χ1v) is 6.79. The molecule has 2 rings (SSSR count). The molecule has 1 N–H and O–H groups in total. The molecule has 1 fully saturated rings. The molecule has 1 unspecified atom stereocenters. The second kappa shape index (κ2) is 7.04. The summed E-state index contributed by atoms with van der Waals surface area (Å²) in [5.74, 6) is -0.357. The van der Waals surface area contributed by atoms with Gasteiger partial charge in [0.1, 0.15) is 6.04 Å². The van der Waals surface area contributed by atoms with Gasteiger partial charge in [-0.05, 0) is 30.7 Å². The highest BCUT2D eigenvalue weighted by Gasteiger charge is 2.21. The number of esters is 1. The quantitative estimate of drug-likeness (QED) is 0.842. The van der Waals surface area contributed by atoms with E-state index in [9.17, 15) is 10.1 Å². The molecule has 1 heterocycles. The number of ether oxygens (including phenoxy) is 1. The first kappa shape index (κ1) is 14.5. The summed E-state index contributed by atoms with van der Waals surface area (Å²) in [4.78, 5) is 13.6. The SMILES string of the molecule is COC(=O)c1ccc(C(C#N)N2CCCNCC2)cc1. The van der Waals surface area contributed by atoms with Gasteiger partial charge in [0, 0.05) is 19.6 Å². The number of nitrogens with zero attached hydrogens (tertiary/aromatic N) is 2. The minimum Gasteiger partial charge on any atom is -0.465 e. The Hall–Kier alpha value is -1.90. The Morgan fingerprint density at radius 2 is 2.10 bits per heavy atom. The highest BCUT2D eigenvalue weighted by atomic mass is 16.5. The summed E-state index contributed by atoms with van der Waals surface area (Å²) in [6.07, 6.45) is 1.04. The van der Waals surface area contributed by atoms with Gasteiger partial charge in [-0.15, -0.1) is 0 Å². The van der Waals surface area contributed by atoms with Crippen LogP contribution < -0.4 is 5.32 Å². The van der Waals surface area contributed by atoms with Crippen molar-refractivity contribution in [1.29, 1.82) is 5.26 Å². The van der Waals surface area contributed by atoms with Gasteiger partial charge in [-0.2, -0.15) is 5.26 Å². The maximum atomic E-state index is 11.4. The van der Waals surface area contributed by atoms with Crippen LogP contribution in [-0.4, -0.2) is 44.2 Å². The second-order valence-corrected chi connectivity index (χ2v) is 4.78. The molecule has 1 aliphatic rings. The van der Waals surface area contributed by atoms with Crippen molar-refractivity contribution in [3.05, 3.63) is 35.4 Å². The average Bonchev–Trinajstić information content (AvgIpc) is 2.77. The van der Waals surface area contributed by atoms with E-state index in [1.54, 1.807) is 12.1 Å². The van der Waals surface area contributed by atoms with Gasteiger partial charge in [-0.25, -0.2) is 4.79 Å². The first-order chi connectivity index (χ1) is 9.76. The predicted molar refractivity (Wildman–Crippen MR) is 75.2 cm³/mol. The van der Waals surface area contributed by atoms with Gasteiger partial charge in [0.2, 0.25) is 0 Å². The fourth-order valence-electron chi connectivity index (χ4n) is 2.41. The summed E-state index contributed by atoms with van der Waals surface area (Å²) in [7, 11) is 1.36. The van der Waals surface area contributed by atoms with E-state index in [1.165, 1.54) is 7.11 Å². The molecule has 0 amide bonds. The van der Waals surface area contributed by atoms with E-state index < -0.39 is 0 Å². The molecule has 1 aromatic carbocycles. The van der Waals surface area contributed by atoms with Crippen LogP contribution in [0.25, 0.3) is 0 Å². The summed E-state index contributed by atoms with van der Waals surface area (Å²) in [5, 5.41) is 12.8. The fraction of sp³-hybridized carbons (Fsp3) is 0.467. The third-order valence-corrected chi connectivity index (χ3v) is 3.51. The van der Waals surface area contributed by atoms with Crippen molar-refractivity contribution < 1.29 is 9.53 Å². The number of methoxy groups -OCH3 is 1. The normalized spacial score (nSPS) is 17.8. The zero-order chi connectivity index (χ0) is 14.4. The molecule has 1 saturated heterocycles. The fourth-order valence-corrected chi connectivity index (χ4v) is 2.41. The van der Waals surface area contributed by atoms with E-state index >= 15 is 0 Å². The molecule has 0 bridgehead atoms. The van der Waals surface area contributed by atoms with Crippen molar-refractivity contribution in [1.82, 2.24) is 10.2 Å². The maximum absolute atomic E-state index is 11.4. The standard InChI is InChI=1S/C15H19N3O2/c1-20-15(19)13-5-3-12(4-6-13)14(11-16)18-9-2-7-17-8-10-18/h3-6,14,17H,2,7-10H2,1H3. The Bertz CT molecular complexity index is 485. The lowest BCUT2D eigenvalue weighted by molar-refractivity contribution is 0.0600. The van der Waals surface area contributed by atoms with Crippen LogP contribution in [0.5, 0.6) is 0 Å². The van der Waals surface area contributed by atoms with Gasteiger partial charge in [0.05, 0.1) is 18.7 Å². The lowest BCUT2D eigenvalue weighted by atomic mass is 10.0. The number of nitrogens with one attached hydrogen (secondary N) is 1. The maximum Gasteiger partial charge on any atom is 0.337 e. The molecule has 5 heteroatoms. The number of rotatable bonds is 3. The number of benzene rings is 1. The van der Waals surface area contributed by atoms with E-state index in [-0.39, 0.29) is 12.0 Å². The van der Waals surface area contributed by atoms with E-state index in [4.69, 9.17) is 0 Å². The number of carbonyl (C=O) groups excluding carboxylic acids is 1. The molecule has 0 aromatic heterocycles. The average molecular weight is 273 g/mol. The molecule has 0 aliphatic carbocycles. The Labute approximate surface area is 119 Å². The minimum absolute atomic E-state index is 0.262. The molecule has 0 saturated carbocycles. The zero-order valence-corrected chi connectivity index (χ0v) is 11.6. The van der Waals surface area contributed by atoms with Gasteiger partial charge in [-0.1, -0.05) is 12.1 Å². The van der Waals surface area contributed by atoms with Crippen LogP contribution in [0.1, 0.15) is 28.4 Å². The Kier molecular flexibility index (Phi) is 5.10. The van der Waals surface area contributed by atoms with E-state index in [0.29, 0.717) is 5.56 Å². The molecule has 5 nitrogen and oxygen atoms in total. The third-order valence-electron chi connectivity index (χ3n) is 3.51. The lowest BCUT2D eigenvalue weighted by Gasteiger charge is -2.25. The number of nitriles is 1. The van der Waals surface area contributed by atoms with Gasteiger partial charge in [0.15, 0.2) is 0 Å². The third kappa shape index (κ3) is 3.35. The van der Waals surface area contributed by atoms with Crippen molar-refractivity contribution in [2.45, 2.75) is 12.5 Å². The molecule has 0 radical (unpaired) electrons. The molecule has 106 valence electrons. The Morgan fingerprint density at radius 3 is 2.75 bits per heavy atom. The lowest BCUT2D eigenvalue weighted by Crippen LogP contribution is -2.31. The van der Waals surface area contributed by atoms with Crippen molar-refractivity contribution in [2.75, 3.05) is 33.3 Å². The van der Waals surface area contributed by atoms with Crippen molar-refractivity contribution in [2.24, 2.45) is 0 Å². The van der Waals surface area contributed by atoms with Crippen LogP contribution in [0.4, 0.5) is 0 Å². The van der Waals surface area contributed by atoms with Gasteiger partial charge >= 0.3 is 5.97 Å². The molecule has 1 aromatic rings. The summed E-state index contributed by atoms with van der Waals surface area (Å²) in [6.45, 7) is 3.66. The summed E-state index contributed by atoms with van der Waals surface area (Å²) < 4.78 is 4.67. The van der Waals surface area contributed by atoms with Gasteiger partial charge in [-0.3, -0.25) is 4.90 Å². The van der Waals surface area contributed by atoms with Crippen molar-refractivity contribution in [3.8, 4) is 6.07 Å².